The van der Waals surface area contributed by atoms with Gasteiger partial charge in [-0.05, 0) is 19.9 Å². The van der Waals surface area contributed by atoms with Crippen LogP contribution in [0.1, 0.15) is 19.1 Å². The van der Waals surface area contributed by atoms with Gasteiger partial charge in [-0.3, -0.25) is 0 Å². The largest absolute Gasteiger partial charge is 0.393 e. The Morgan fingerprint density at radius 3 is 3.17 bits per heavy atom. The SMILES string of the molecule is CC(O)CCNCc1ccno1. The van der Waals surface area contributed by atoms with Crippen molar-refractivity contribution in [3.8, 4) is 0 Å². The van der Waals surface area contributed by atoms with Crippen LogP contribution in [-0.4, -0.2) is 22.9 Å². The molecule has 1 aromatic rings. The first-order valence-electron chi connectivity index (χ1n) is 4.07. The van der Waals surface area contributed by atoms with Gasteiger partial charge in [0.05, 0.1) is 18.8 Å². The molecule has 2 N–H and O–H groups in total. The Labute approximate surface area is 71.6 Å². The van der Waals surface area contributed by atoms with Crippen LogP contribution in [0.2, 0.25) is 0 Å². The van der Waals surface area contributed by atoms with Gasteiger partial charge >= 0.3 is 0 Å². The Bertz CT molecular complexity index is 197. The van der Waals surface area contributed by atoms with E-state index in [4.69, 9.17) is 9.63 Å². The number of aliphatic hydroxyl groups is 1. The number of hydrogen-bond donors (Lipinski definition) is 2. The highest BCUT2D eigenvalue weighted by molar-refractivity contribution is 4.91. The van der Waals surface area contributed by atoms with Gasteiger partial charge in [-0.1, -0.05) is 5.16 Å². The number of nitrogens with zero attached hydrogens (tertiary/aromatic N) is 1. The monoisotopic (exact) mass is 170 g/mol. The molecule has 1 unspecified atom stereocenters. The second-order valence-electron chi connectivity index (χ2n) is 2.79. The second-order valence-corrected chi connectivity index (χ2v) is 2.79. The lowest BCUT2D eigenvalue weighted by atomic mass is 10.3. The molecule has 0 radical (unpaired) electrons. The molecule has 4 nitrogen and oxygen atoms in total. The van der Waals surface area contributed by atoms with Crippen molar-refractivity contribution < 1.29 is 9.63 Å². The molecule has 0 amide bonds. The molecular weight excluding hydrogens is 156 g/mol. The number of aromatic nitrogens is 1. The third-order valence-electron chi connectivity index (χ3n) is 1.53. The second kappa shape index (κ2) is 4.90. The van der Waals surface area contributed by atoms with Gasteiger partial charge in [-0.2, -0.15) is 0 Å². The highest BCUT2D eigenvalue weighted by atomic mass is 16.5. The molecule has 0 spiro atoms. The summed E-state index contributed by atoms with van der Waals surface area (Å²) in [5.41, 5.74) is 0. The minimum atomic E-state index is -0.243. The maximum absolute atomic E-state index is 8.93. The Morgan fingerprint density at radius 1 is 1.75 bits per heavy atom. The van der Waals surface area contributed by atoms with E-state index >= 15 is 0 Å². The maximum Gasteiger partial charge on any atom is 0.150 e. The van der Waals surface area contributed by atoms with Crippen molar-refractivity contribution in [2.45, 2.75) is 26.0 Å². The first-order valence-corrected chi connectivity index (χ1v) is 4.07. The van der Waals surface area contributed by atoms with Crippen LogP contribution < -0.4 is 5.32 Å². The van der Waals surface area contributed by atoms with Crippen LogP contribution in [0, 0.1) is 0 Å². The van der Waals surface area contributed by atoms with E-state index < -0.39 is 0 Å². The predicted octanol–water partition coefficient (Wildman–Crippen LogP) is 0.535. The lowest BCUT2D eigenvalue weighted by Gasteiger charge is -2.03. The van der Waals surface area contributed by atoms with E-state index in [2.05, 4.69) is 10.5 Å². The fourth-order valence-corrected chi connectivity index (χ4v) is 0.856. The quantitative estimate of drug-likeness (QED) is 0.633. The van der Waals surface area contributed by atoms with Gasteiger partial charge in [0.15, 0.2) is 0 Å². The van der Waals surface area contributed by atoms with Gasteiger partial charge in [-0.25, -0.2) is 0 Å². The molecule has 1 rings (SSSR count). The summed E-state index contributed by atoms with van der Waals surface area (Å²) in [5.74, 6) is 0.820. The molecule has 0 aliphatic rings. The normalized spacial score (nSPS) is 13.2. The summed E-state index contributed by atoms with van der Waals surface area (Å²) in [4.78, 5) is 0. The summed E-state index contributed by atoms with van der Waals surface area (Å²) in [5, 5.41) is 15.6. The van der Waals surface area contributed by atoms with Gasteiger partial charge in [0, 0.05) is 6.07 Å². The highest BCUT2D eigenvalue weighted by Crippen LogP contribution is 1.95. The smallest absolute Gasteiger partial charge is 0.150 e. The summed E-state index contributed by atoms with van der Waals surface area (Å²) in [6.07, 6.45) is 2.13. The Hall–Kier alpha value is -0.870. The van der Waals surface area contributed by atoms with E-state index in [1.807, 2.05) is 6.07 Å². The topological polar surface area (TPSA) is 58.3 Å². The maximum atomic E-state index is 8.93. The molecule has 0 saturated carbocycles. The lowest BCUT2D eigenvalue weighted by Crippen LogP contribution is -2.18. The van der Waals surface area contributed by atoms with E-state index in [-0.39, 0.29) is 6.10 Å². The van der Waals surface area contributed by atoms with Crippen molar-refractivity contribution in [2.24, 2.45) is 0 Å². The third-order valence-corrected chi connectivity index (χ3v) is 1.53. The first kappa shape index (κ1) is 9.22. The molecule has 68 valence electrons. The van der Waals surface area contributed by atoms with Crippen molar-refractivity contribution in [3.05, 3.63) is 18.0 Å². The van der Waals surface area contributed by atoms with E-state index in [1.165, 1.54) is 0 Å². The Balaban J connectivity index is 2.04. The molecule has 0 aromatic carbocycles. The molecule has 0 fully saturated rings. The molecule has 1 heterocycles. The minimum absolute atomic E-state index is 0.243. The summed E-state index contributed by atoms with van der Waals surface area (Å²) in [6, 6.07) is 1.81. The fourth-order valence-electron chi connectivity index (χ4n) is 0.856. The average Bonchev–Trinajstić information content (AvgIpc) is 2.49. The molecule has 1 atom stereocenters. The standard InChI is InChI=1S/C8H14N2O2/c1-7(11)2-4-9-6-8-3-5-10-12-8/h3,5,7,9,11H,2,4,6H2,1H3. The van der Waals surface area contributed by atoms with Crippen molar-refractivity contribution in [2.75, 3.05) is 6.54 Å². The van der Waals surface area contributed by atoms with Gasteiger partial charge in [0.1, 0.15) is 5.76 Å². The molecule has 0 aliphatic heterocycles. The third kappa shape index (κ3) is 3.50. The van der Waals surface area contributed by atoms with Crippen LogP contribution in [0.3, 0.4) is 0 Å². The van der Waals surface area contributed by atoms with Gasteiger partial charge in [0.25, 0.3) is 0 Å². The average molecular weight is 170 g/mol. The highest BCUT2D eigenvalue weighted by Gasteiger charge is 1.97. The number of rotatable bonds is 5. The van der Waals surface area contributed by atoms with Crippen LogP contribution in [0.5, 0.6) is 0 Å². The van der Waals surface area contributed by atoms with E-state index in [1.54, 1.807) is 13.1 Å². The number of aliphatic hydroxyl groups excluding tert-OH is 1. The lowest BCUT2D eigenvalue weighted by molar-refractivity contribution is 0.183. The van der Waals surface area contributed by atoms with Gasteiger partial charge in [0.2, 0.25) is 0 Å². The van der Waals surface area contributed by atoms with Gasteiger partial charge < -0.3 is 14.9 Å². The molecular formula is C8H14N2O2. The van der Waals surface area contributed by atoms with Crippen molar-refractivity contribution in [3.63, 3.8) is 0 Å². The van der Waals surface area contributed by atoms with E-state index in [0.717, 1.165) is 18.7 Å². The summed E-state index contributed by atoms with van der Waals surface area (Å²) < 4.78 is 4.87. The molecule has 0 bridgehead atoms. The number of hydrogen-bond acceptors (Lipinski definition) is 4. The van der Waals surface area contributed by atoms with Crippen LogP contribution in [-0.2, 0) is 6.54 Å². The van der Waals surface area contributed by atoms with Crippen molar-refractivity contribution in [1.82, 2.24) is 10.5 Å². The summed E-state index contributed by atoms with van der Waals surface area (Å²) in [7, 11) is 0. The molecule has 1 aromatic heterocycles. The zero-order valence-electron chi connectivity index (χ0n) is 7.16. The zero-order valence-corrected chi connectivity index (χ0v) is 7.16. The molecule has 12 heavy (non-hydrogen) atoms. The zero-order chi connectivity index (χ0) is 8.81. The van der Waals surface area contributed by atoms with Crippen LogP contribution in [0.25, 0.3) is 0 Å². The predicted molar refractivity (Wildman–Crippen MR) is 44.5 cm³/mol. The fraction of sp³-hybridized carbons (Fsp3) is 0.625. The molecule has 4 heteroatoms. The summed E-state index contributed by atoms with van der Waals surface area (Å²) >= 11 is 0. The Morgan fingerprint density at radius 2 is 2.58 bits per heavy atom. The van der Waals surface area contributed by atoms with E-state index in [0.29, 0.717) is 6.54 Å². The first-order chi connectivity index (χ1) is 5.79. The minimum Gasteiger partial charge on any atom is -0.393 e. The van der Waals surface area contributed by atoms with Crippen LogP contribution in [0.15, 0.2) is 16.8 Å². The van der Waals surface area contributed by atoms with Gasteiger partial charge in [-0.15, -0.1) is 0 Å². The molecule has 0 saturated heterocycles. The van der Waals surface area contributed by atoms with Crippen molar-refractivity contribution >= 4 is 0 Å². The van der Waals surface area contributed by atoms with Crippen LogP contribution in [0.4, 0.5) is 0 Å². The Kier molecular flexibility index (Phi) is 3.76. The van der Waals surface area contributed by atoms with E-state index in [9.17, 15) is 0 Å². The summed E-state index contributed by atoms with van der Waals surface area (Å²) in [6.45, 7) is 3.24. The van der Waals surface area contributed by atoms with Crippen LogP contribution >= 0.6 is 0 Å². The van der Waals surface area contributed by atoms with Crippen molar-refractivity contribution in [1.29, 1.82) is 0 Å². The number of nitrogens with one attached hydrogen (secondary N) is 1. The molecule has 0 aliphatic carbocycles.